The van der Waals surface area contributed by atoms with E-state index in [9.17, 15) is 22.8 Å². The molecule has 0 radical (unpaired) electrons. The van der Waals surface area contributed by atoms with Crippen LogP contribution in [-0.2, 0) is 6.18 Å². The average Bonchev–Trinajstić information content (AvgIpc) is 2.84. The molecule has 4 rings (SSSR count). The second-order valence-electron chi connectivity index (χ2n) is 7.91. The number of carbonyl (C=O) groups is 1. The molecular weight excluding hydrogens is 597 g/mol. The lowest BCUT2D eigenvalue weighted by molar-refractivity contribution is -0.138. The van der Waals surface area contributed by atoms with Gasteiger partial charge in [-0.1, -0.05) is 0 Å². The van der Waals surface area contributed by atoms with Crippen molar-refractivity contribution in [2.75, 3.05) is 46.6 Å². The molecule has 36 heavy (non-hydrogen) atoms. The van der Waals surface area contributed by atoms with E-state index in [0.717, 1.165) is 32.2 Å². The molecule has 0 bridgehead atoms. The van der Waals surface area contributed by atoms with E-state index >= 15 is 4.39 Å². The minimum atomic E-state index is -4.93. The zero-order chi connectivity index (χ0) is 26.0. The van der Waals surface area contributed by atoms with E-state index in [2.05, 4.69) is 25.6 Å². The number of amides is 1. The first-order valence-corrected chi connectivity index (χ1v) is 11.6. The van der Waals surface area contributed by atoms with Crippen molar-refractivity contribution in [3.05, 3.63) is 64.1 Å². The Balaban J connectivity index is 1.69. The number of nitrogens with zero attached hydrogens (tertiary/aromatic N) is 4. The molecule has 2 aromatic heterocycles. The van der Waals surface area contributed by atoms with Crippen molar-refractivity contribution >= 4 is 46.1 Å². The number of pyridine rings is 1. The van der Waals surface area contributed by atoms with Gasteiger partial charge in [0.05, 0.1) is 45.4 Å². The maximum atomic E-state index is 15.1. The summed E-state index contributed by atoms with van der Waals surface area (Å²) in [7, 11) is 1.58. The molecule has 1 fully saturated rings. The summed E-state index contributed by atoms with van der Waals surface area (Å²) in [5.74, 6) is -1.26. The van der Waals surface area contributed by atoms with Gasteiger partial charge < -0.3 is 23.6 Å². The van der Waals surface area contributed by atoms with Gasteiger partial charge >= 0.3 is 6.18 Å². The highest BCUT2D eigenvalue weighted by molar-refractivity contribution is 14.1. The molecule has 0 unspecified atom stereocenters. The van der Waals surface area contributed by atoms with Crippen molar-refractivity contribution in [3.8, 4) is 11.1 Å². The van der Waals surface area contributed by atoms with Crippen LogP contribution in [0.25, 0.3) is 11.1 Å². The van der Waals surface area contributed by atoms with Crippen LogP contribution in [0.3, 0.4) is 0 Å². The van der Waals surface area contributed by atoms with Crippen LogP contribution in [0.2, 0.25) is 0 Å². The Labute approximate surface area is 216 Å². The van der Waals surface area contributed by atoms with Gasteiger partial charge in [0.1, 0.15) is 5.82 Å². The van der Waals surface area contributed by atoms with E-state index < -0.39 is 34.6 Å². The van der Waals surface area contributed by atoms with Crippen molar-refractivity contribution in [1.29, 1.82) is 0 Å². The number of carbonyl (C=O) groups excluding carboxylic acids is 1. The molecule has 1 aliphatic heterocycles. The number of benzene rings is 1. The van der Waals surface area contributed by atoms with E-state index in [1.165, 1.54) is 21.6 Å². The molecule has 0 aliphatic carbocycles. The van der Waals surface area contributed by atoms with Crippen LogP contribution in [0.5, 0.6) is 0 Å². The number of hydrogen-bond donors (Lipinski definition) is 3. The van der Waals surface area contributed by atoms with Gasteiger partial charge in [-0.2, -0.15) is 13.2 Å². The van der Waals surface area contributed by atoms with Gasteiger partial charge in [0, 0.05) is 75.1 Å². The van der Waals surface area contributed by atoms with Crippen LogP contribution >= 0.6 is 22.9 Å². The molecule has 190 valence electrons. The number of aromatic nitrogens is 3. The SMILES string of the molecule is CN(I)c1cc(F)c(-c2cnc(N3CCNCC3)nc2)cc1NC(=O)c1c[nH]c(=O)cc1C(F)(F)F. The number of hydrogen-bond acceptors (Lipinski definition) is 7. The largest absolute Gasteiger partial charge is 0.417 e. The summed E-state index contributed by atoms with van der Waals surface area (Å²) < 4.78 is 56.8. The summed E-state index contributed by atoms with van der Waals surface area (Å²) in [4.78, 5) is 37.0. The zero-order valence-electron chi connectivity index (χ0n) is 18.8. The van der Waals surface area contributed by atoms with Crippen molar-refractivity contribution in [2.45, 2.75) is 6.18 Å². The zero-order valence-corrected chi connectivity index (χ0v) is 20.9. The van der Waals surface area contributed by atoms with Crippen molar-refractivity contribution in [1.82, 2.24) is 20.3 Å². The summed E-state index contributed by atoms with van der Waals surface area (Å²) in [6, 6.07) is 2.77. The van der Waals surface area contributed by atoms with E-state index in [4.69, 9.17) is 0 Å². The van der Waals surface area contributed by atoms with Gasteiger partial charge in [-0.25, -0.2) is 14.4 Å². The average molecular weight is 617 g/mol. The van der Waals surface area contributed by atoms with E-state index in [1.807, 2.05) is 27.8 Å². The van der Waals surface area contributed by atoms with Gasteiger partial charge in [-0.3, -0.25) is 9.59 Å². The summed E-state index contributed by atoms with van der Waals surface area (Å²) in [5, 5.41) is 5.64. The first-order chi connectivity index (χ1) is 17.0. The number of rotatable bonds is 5. The molecular formula is C22H20F4IN7O2. The number of alkyl halides is 3. The Morgan fingerprint density at radius 3 is 2.44 bits per heavy atom. The maximum Gasteiger partial charge on any atom is 0.417 e. The van der Waals surface area contributed by atoms with E-state index in [0.29, 0.717) is 23.8 Å². The van der Waals surface area contributed by atoms with Gasteiger partial charge in [0.25, 0.3) is 5.91 Å². The normalized spacial score (nSPS) is 14.0. The highest BCUT2D eigenvalue weighted by atomic mass is 127. The molecule has 1 aliphatic rings. The third-order valence-electron chi connectivity index (χ3n) is 5.49. The summed E-state index contributed by atoms with van der Waals surface area (Å²) in [5.41, 5.74) is -2.52. The molecule has 3 aromatic rings. The topological polar surface area (TPSA) is 106 Å². The first-order valence-electron chi connectivity index (χ1n) is 10.7. The van der Waals surface area contributed by atoms with Crippen LogP contribution in [0, 0.1) is 5.82 Å². The molecule has 0 atom stereocenters. The molecule has 9 nitrogen and oxygen atoms in total. The highest BCUT2D eigenvalue weighted by Crippen LogP contribution is 2.36. The van der Waals surface area contributed by atoms with Gasteiger partial charge in [-0.05, 0) is 6.07 Å². The first kappa shape index (κ1) is 25.8. The number of piperazine rings is 1. The molecule has 0 spiro atoms. The maximum absolute atomic E-state index is 15.1. The lowest BCUT2D eigenvalue weighted by Gasteiger charge is -2.27. The number of H-pyrrole nitrogens is 1. The van der Waals surface area contributed by atoms with Gasteiger partial charge in [-0.15, -0.1) is 0 Å². The molecule has 1 aromatic carbocycles. The Bertz CT molecular complexity index is 1320. The predicted octanol–water partition coefficient (Wildman–Crippen LogP) is 3.44. The standard InChI is InChI=1S/C22H20F4IN7O2/c1-33(27)18-8-16(23)13(12-9-30-21(31-10-12)34-4-2-28-3-5-34)6-17(18)32-20(36)14-11-29-19(35)7-15(14)22(24,25)26/h6-11,28H,2-5H2,1H3,(H,29,35)(H,32,36). The van der Waals surface area contributed by atoms with Crippen LogP contribution in [0.4, 0.5) is 34.9 Å². The quantitative estimate of drug-likeness (QED) is 0.229. The summed E-state index contributed by atoms with van der Waals surface area (Å²) in [6.07, 6.45) is -1.33. The fourth-order valence-electron chi connectivity index (χ4n) is 3.71. The minimum absolute atomic E-state index is 0.0525. The Kier molecular flexibility index (Phi) is 7.44. The third-order valence-corrected chi connectivity index (χ3v) is 6.01. The lowest BCUT2D eigenvalue weighted by atomic mass is 10.1. The number of nitrogens with one attached hydrogen (secondary N) is 3. The Morgan fingerprint density at radius 2 is 1.83 bits per heavy atom. The van der Waals surface area contributed by atoms with E-state index in [-0.39, 0.29) is 16.9 Å². The van der Waals surface area contributed by atoms with Crippen LogP contribution in [-0.4, -0.2) is 54.1 Å². The third kappa shape index (κ3) is 5.59. The summed E-state index contributed by atoms with van der Waals surface area (Å²) >= 11 is 1.84. The smallest absolute Gasteiger partial charge is 0.338 e. The number of anilines is 3. The second kappa shape index (κ2) is 10.4. The fraction of sp³-hybridized carbons (Fsp3) is 0.273. The van der Waals surface area contributed by atoms with Crippen molar-refractivity contribution < 1.29 is 22.4 Å². The predicted molar refractivity (Wildman–Crippen MR) is 135 cm³/mol. The molecule has 14 heteroatoms. The van der Waals surface area contributed by atoms with Gasteiger partial charge in [0.2, 0.25) is 11.5 Å². The van der Waals surface area contributed by atoms with Crippen molar-refractivity contribution in [3.63, 3.8) is 0 Å². The van der Waals surface area contributed by atoms with Crippen molar-refractivity contribution in [2.24, 2.45) is 0 Å². The van der Waals surface area contributed by atoms with Crippen LogP contribution in [0.1, 0.15) is 15.9 Å². The van der Waals surface area contributed by atoms with Crippen LogP contribution in [0.15, 0.2) is 41.6 Å². The highest BCUT2D eigenvalue weighted by Gasteiger charge is 2.36. The minimum Gasteiger partial charge on any atom is -0.338 e. The molecule has 3 N–H and O–H groups in total. The molecule has 1 saturated heterocycles. The molecule has 0 saturated carbocycles. The molecule has 1 amide bonds. The Morgan fingerprint density at radius 1 is 1.17 bits per heavy atom. The lowest BCUT2D eigenvalue weighted by Crippen LogP contribution is -2.44. The fourth-order valence-corrected chi connectivity index (χ4v) is 4.11. The number of aromatic amines is 1. The molecule has 3 heterocycles. The monoisotopic (exact) mass is 617 g/mol. The number of halogens is 5. The van der Waals surface area contributed by atoms with Gasteiger partial charge in [0.15, 0.2) is 0 Å². The van der Waals surface area contributed by atoms with E-state index in [1.54, 1.807) is 7.05 Å². The van der Waals surface area contributed by atoms with Crippen LogP contribution < -0.4 is 24.2 Å². The Hall–Kier alpha value is -3.27. The second-order valence-corrected chi connectivity index (χ2v) is 9.36. The summed E-state index contributed by atoms with van der Waals surface area (Å²) in [6.45, 7) is 3.04.